The zero-order valence-electron chi connectivity index (χ0n) is 10.3. The second kappa shape index (κ2) is 5.70. The Balaban J connectivity index is 2.18. The van der Waals surface area contributed by atoms with Crippen LogP contribution in [0.3, 0.4) is 0 Å². The van der Waals surface area contributed by atoms with Crippen LogP contribution in [-0.4, -0.2) is 19.7 Å². The lowest BCUT2D eigenvalue weighted by atomic mass is 10.2. The Hall–Kier alpha value is -1.41. The number of nitrogens with zero attached hydrogens (tertiary/aromatic N) is 4. The first-order valence-corrected chi connectivity index (χ1v) is 7.19. The van der Waals surface area contributed by atoms with E-state index in [1.165, 1.54) is 17.8 Å². The third-order valence-electron chi connectivity index (χ3n) is 2.66. The molecule has 0 atom stereocenters. The summed E-state index contributed by atoms with van der Waals surface area (Å²) in [6.07, 6.45) is 0. The van der Waals surface area contributed by atoms with Crippen LogP contribution in [0.15, 0.2) is 27.8 Å². The number of rotatable bonds is 4. The molecule has 1 aromatic heterocycles. The summed E-state index contributed by atoms with van der Waals surface area (Å²) in [6.45, 7) is 1.88. The van der Waals surface area contributed by atoms with Gasteiger partial charge in [0.1, 0.15) is 5.82 Å². The zero-order valence-corrected chi connectivity index (χ0v) is 12.7. The maximum atomic E-state index is 10.8. The number of benzene rings is 1. The fourth-order valence-electron chi connectivity index (χ4n) is 1.47. The van der Waals surface area contributed by atoms with E-state index in [2.05, 4.69) is 26.1 Å². The lowest BCUT2D eigenvalue weighted by Gasteiger charge is -2.04. The molecule has 0 aliphatic carbocycles. The van der Waals surface area contributed by atoms with Crippen molar-refractivity contribution in [2.24, 2.45) is 7.05 Å². The van der Waals surface area contributed by atoms with E-state index in [1.54, 1.807) is 6.07 Å². The minimum atomic E-state index is -0.398. The Labute approximate surface area is 122 Å². The van der Waals surface area contributed by atoms with Crippen LogP contribution in [0.2, 0.25) is 0 Å². The summed E-state index contributed by atoms with van der Waals surface area (Å²) in [4.78, 5) is 10.4. The molecule has 100 valence electrons. The highest BCUT2D eigenvalue weighted by Crippen LogP contribution is 2.32. The summed E-state index contributed by atoms with van der Waals surface area (Å²) in [5.41, 5.74) is 0.937. The Kier molecular flexibility index (Phi) is 4.20. The highest BCUT2D eigenvalue weighted by atomic mass is 79.9. The minimum absolute atomic E-state index is 0.0762. The van der Waals surface area contributed by atoms with Crippen LogP contribution < -0.4 is 0 Å². The number of aromatic nitrogens is 3. The summed E-state index contributed by atoms with van der Waals surface area (Å²) in [6, 6.07) is 5.01. The normalized spacial score (nSPS) is 10.7. The maximum absolute atomic E-state index is 10.8. The van der Waals surface area contributed by atoms with Crippen molar-refractivity contribution >= 4 is 33.4 Å². The standard InChI is InChI=1S/C11H11BrN4O2S/c1-7-13-14-11(15(7)2)19-6-8-4-3-5-9(10(8)12)16(17)18/h3-5H,6H2,1-2H3. The van der Waals surface area contributed by atoms with Crippen LogP contribution in [0.1, 0.15) is 11.4 Å². The first kappa shape index (κ1) is 14.0. The SMILES string of the molecule is Cc1nnc(SCc2cccc([N+](=O)[O-])c2Br)n1C. The predicted molar refractivity (Wildman–Crippen MR) is 76.1 cm³/mol. The fourth-order valence-corrected chi connectivity index (χ4v) is 3.16. The summed E-state index contributed by atoms with van der Waals surface area (Å²) >= 11 is 4.77. The Morgan fingerprint density at radius 1 is 1.47 bits per heavy atom. The molecule has 2 aromatic rings. The van der Waals surface area contributed by atoms with Crippen molar-refractivity contribution in [3.63, 3.8) is 0 Å². The number of hydrogen-bond donors (Lipinski definition) is 0. The van der Waals surface area contributed by atoms with Crippen LogP contribution in [0, 0.1) is 17.0 Å². The van der Waals surface area contributed by atoms with Gasteiger partial charge in [0.15, 0.2) is 5.16 Å². The van der Waals surface area contributed by atoms with E-state index in [-0.39, 0.29) is 5.69 Å². The third-order valence-corrected chi connectivity index (χ3v) is 4.65. The largest absolute Gasteiger partial charge is 0.309 e. The van der Waals surface area contributed by atoms with Crippen molar-refractivity contribution in [1.29, 1.82) is 0 Å². The first-order chi connectivity index (χ1) is 9.00. The van der Waals surface area contributed by atoms with Crippen LogP contribution in [-0.2, 0) is 12.8 Å². The lowest BCUT2D eigenvalue weighted by Crippen LogP contribution is -1.95. The molecule has 8 heteroatoms. The van der Waals surface area contributed by atoms with Crippen LogP contribution in [0.4, 0.5) is 5.69 Å². The fraction of sp³-hybridized carbons (Fsp3) is 0.273. The second-order valence-electron chi connectivity index (χ2n) is 3.88. The summed E-state index contributed by atoms with van der Waals surface area (Å²) in [5, 5.41) is 19.6. The number of nitro groups is 1. The van der Waals surface area contributed by atoms with Gasteiger partial charge in [-0.05, 0) is 28.4 Å². The molecule has 19 heavy (non-hydrogen) atoms. The van der Waals surface area contributed by atoms with Crippen LogP contribution >= 0.6 is 27.7 Å². The summed E-state index contributed by atoms with van der Waals surface area (Å²) < 4.78 is 2.40. The molecule has 1 aromatic carbocycles. The Morgan fingerprint density at radius 3 is 2.79 bits per heavy atom. The van der Waals surface area contributed by atoms with Crippen molar-refractivity contribution in [2.45, 2.75) is 17.8 Å². The zero-order chi connectivity index (χ0) is 14.0. The molecule has 0 saturated carbocycles. The number of nitro benzene ring substituents is 1. The second-order valence-corrected chi connectivity index (χ2v) is 5.62. The van der Waals surface area contributed by atoms with E-state index in [0.29, 0.717) is 10.2 Å². The van der Waals surface area contributed by atoms with Gasteiger partial charge in [-0.25, -0.2) is 0 Å². The van der Waals surface area contributed by atoms with E-state index in [4.69, 9.17) is 0 Å². The van der Waals surface area contributed by atoms with E-state index in [9.17, 15) is 10.1 Å². The van der Waals surface area contributed by atoms with Gasteiger partial charge < -0.3 is 4.57 Å². The van der Waals surface area contributed by atoms with Gasteiger partial charge in [0.05, 0.1) is 9.40 Å². The molecule has 0 aliphatic rings. The molecule has 0 fully saturated rings. The molecule has 0 saturated heterocycles. The average Bonchev–Trinajstić information content (AvgIpc) is 2.68. The van der Waals surface area contributed by atoms with E-state index in [0.717, 1.165) is 16.5 Å². The van der Waals surface area contributed by atoms with Crippen LogP contribution in [0.5, 0.6) is 0 Å². The smallest absolute Gasteiger partial charge is 0.283 e. The minimum Gasteiger partial charge on any atom is -0.309 e. The maximum Gasteiger partial charge on any atom is 0.283 e. The molecule has 0 aliphatic heterocycles. The Morgan fingerprint density at radius 2 is 2.21 bits per heavy atom. The molecular formula is C11H11BrN4O2S. The van der Waals surface area contributed by atoms with Gasteiger partial charge in [-0.1, -0.05) is 23.9 Å². The quantitative estimate of drug-likeness (QED) is 0.485. The lowest BCUT2D eigenvalue weighted by molar-refractivity contribution is -0.385. The highest BCUT2D eigenvalue weighted by Gasteiger charge is 2.15. The highest BCUT2D eigenvalue weighted by molar-refractivity contribution is 9.10. The van der Waals surface area contributed by atoms with Gasteiger partial charge in [-0.3, -0.25) is 10.1 Å². The van der Waals surface area contributed by atoms with E-state index >= 15 is 0 Å². The van der Waals surface area contributed by atoms with Gasteiger partial charge in [0.2, 0.25) is 0 Å². The predicted octanol–water partition coefficient (Wildman–Crippen LogP) is 3.09. The van der Waals surface area contributed by atoms with Crippen molar-refractivity contribution in [3.8, 4) is 0 Å². The molecule has 0 spiro atoms. The van der Waals surface area contributed by atoms with E-state index < -0.39 is 4.92 Å². The van der Waals surface area contributed by atoms with Gasteiger partial charge in [0.25, 0.3) is 5.69 Å². The molecule has 0 amide bonds. The number of halogens is 1. The number of aryl methyl sites for hydroxylation is 1. The summed E-state index contributed by atoms with van der Waals surface area (Å²) in [7, 11) is 1.89. The van der Waals surface area contributed by atoms with Crippen molar-refractivity contribution in [2.75, 3.05) is 0 Å². The van der Waals surface area contributed by atoms with Crippen LogP contribution in [0.25, 0.3) is 0 Å². The molecule has 0 N–H and O–H groups in total. The third kappa shape index (κ3) is 2.95. The van der Waals surface area contributed by atoms with Crippen molar-refractivity contribution < 1.29 is 4.92 Å². The van der Waals surface area contributed by atoms with E-state index in [1.807, 2.05) is 24.6 Å². The first-order valence-electron chi connectivity index (χ1n) is 5.41. The van der Waals surface area contributed by atoms with Gasteiger partial charge >= 0.3 is 0 Å². The average molecular weight is 343 g/mol. The monoisotopic (exact) mass is 342 g/mol. The van der Waals surface area contributed by atoms with Gasteiger partial charge in [-0.2, -0.15) is 0 Å². The molecule has 0 unspecified atom stereocenters. The van der Waals surface area contributed by atoms with Gasteiger partial charge in [-0.15, -0.1) is 10.2 Å². The van der Waals surface area contributed by atoms with Crippen molar-refractivity contribution in [3.05, 3.63) is 44.2 Å². The van der Waals surface area contributed by atoms with Gasteiger partial charge in [0, 0.05) is 18.9 Å². The number of hydrogen-bond acceptors (Lipinski definition) is 5. The molecular weight excluding hydrogens is 332 g/mol. The molecule has 1 heterocycles. The number of thioether (sulfide) groups is 1. The molecule has 6 nitrogen and oxygen atoms in total. The molecule has 2 rings (SSSR count). The van der Waals surface area contributed by atoms with Crippen molar-refractivity contribution in [1.82, 2.24) is 14.8 Å². The molecule has 0 bridgehead atoms. The summed E-state index contributed by atoms with van der Waals surface area (Å²) in [5.74, 6) is 1.43. The Bertz CT molecular complexity index is 629. The topological polar surface area (TPSA) is 73.8 Å². The molecule has 0 radical (unpaired) electrons.